The van der Waals surface area contributed by atoms with E-state index in [0.717, 1.165) is 18.4 Å². The van der Waals surface area contributed by atoms with Gasteiger partial charge in [0.25, 0.3) is 7.82 Å². The van der Waals surface area contributed by atoms with Crippen LogP contribution < -0.4 is 4.89 Å². The van der Waals surface area contributed by atoms with Crippen molar-refractivity contribution in [3.8, 4) is 0 Å². The summed E-state index contributed by atoms with van der Waals surface area (Å²) < 4.78 is 34.9. The first-order valence-electron chi connectivity index (χ1n) is 15.4. The summed E-state index contributed by atoms with van der Waals surface area (Å²) in [5.41, 5.74) is 1.02. The predicted molar refractivity (Wildman–Crippen MR) is 159 cm³/mol. The van der Waals surface area contributed by atoms with Crippen LogP contribution in [-0.2, 0) is 29.7 Å². The number of hydrogen-bond acceptors (Lipinski definition) is 6. The smallest absolute Gasteiger partial charge is 0.268 e. The second kappa shape index (κ2) is 22.8. The van der Waals surface area contributed by atoms with Crippen LogP contribution in [0.25, 0.3) is 0 Å². The van der Waals surface area contributed by atoms with E-state index in [1.54, 1.807) is 0 Å². The van der Waals surface area contributed by atoms with Gasteiger partial charge >= 0.3 is 0 Å². The fraction of sp³-hybridized carbons (Fsp3) is 0.806. The fourth-order valence-corrected chi connectivity index (χ4v) is 5.10. The Labute approximate surface area is 239 Å². The Bertz CT molecular complexity index is 728. The molecule has 0 saturated heterocycles. The predicted octanol–water partition coefficient (Wildman–Crippen LogP) is 7.28. The molecule has 1 aromatic carbocycles. The van der Waals surface area contributed by atoms with E-state index in [2.05, 4.69) is 6.92 Å². The second-order valence-electron chi connectivity index (χ2n) is 11.7. The third-order valence-corrected chi connectivity index (χ3v) is 7.71. The largest absolute Gasteiger partial charge is 0.756 e. The molecule has 0 amide bonds. The zero-order valence-electron chi connectivity index (χ0n) is 25.5. The maximum atomic E-state index is 12.4. The minimum Gasteiger partial charge on any atom is -0.756 e. The molecule has 7 nitrogen and oxygen atoms in total. The minimum atomic E-state index is -4.46. The van der Waals surface area contributed by atoms with Crippen LogP contribution in [0.5, 0.6) is 0 Å². The van der Waals surface area contributed by atoms with Gasteiger partial charge in [0, 0.05) is 6.61 Å². The van der Waals surface area contributed by atoms with Crippen LogP contribution in [-0.4, -0.2) is 64.7 Å². The fourth-order valence-electron chi connectivity index (χ4n) is 4.24. The van der Waals surface area contributed by atoms with Crippen molar-refractivity contribution < 1.29 is 32.5 Å². The summed E-state index contributed by atoms with van der Waals surface area (Å²) in [6.07, 6.45) is 17.6. The summed E-state index contributed by atoms with van der Waals surface area (Å²) in [6.45, 7) is 4.12. The number of benzene rings is 1. The van der Waals surface area contributed by atoms with Crippen molar-refractivity contribution >= 4 is 7.82 Å². The van der Waals surface area contributed by atoms with Gasteiger partial charge in [-0.1, -0.05) is 121 Å². The van der Waals surface area contributed by atoms with Gasteiger partial charge < -0.3 is 27.9 Å². The SMILES string of the molecule is CCCCCCCCCCCCCCCCOCC(COCc1ccccc1)OP(=O)([O-])OCC[N+](C)(C)C. The number of rotatable bonds is 27. The zero-order chi connectivity index (χ0) is 28.7. The van der Waals surface area contributed by atoms with Crippen molar-refractivity contribution in [2.45, 2.75) is 110 Å². The molecule has 1 rings (SSSR count). The first-order chi connectivity index (χ1) is 18.7. The van der Waals surface area contributed by atoms with Gasteiger partial charge in [-0.25, -0.2) is 0 Å². The number of unbranched alkanes of at least 4 members (excludes halogenated alkanes) is 13. The van der Waals surface area contributed by atoms with Gasteiger partial charge in [-0.3, -0.25) is 4.57 Å². The highest BCUT2D eigenvalue weighted by atomic mass is 31.2. The molecular formula is C31H58NO6P. The normalized spacial score (nSPS) is 14.4. The highest BCUT2D eigenvalue weighted by Crippen LogP contribution is 2.40. The summed E-state index contributed by atoms with van der Waals surface area (Å²) in [5, 5.41) is 0. The Morgan fingerprint density at radius 1 is 0.744 bits per heavy atom. The molecule has 8 heteroatoms. The Morgan fingerprint density at radius 2 is 1.26 bits per heavy atom. The monoisotopic (exact) mass is 571 g/mol. The summed E-state index contributed by atoms with van der Waals surface area (Å²) in [4.78, 5) is 12.4. The van der Waals surface area contributed by atoms with Crippen LogP contribution in [0.15, 0.2) is 30.3 Å². The molecule has 2 unspecified atom stereocenters. The van der Waals surface area contributed by atoms with E-state index >= 15 is 0 Å². The lowest BCUT2D eigenvalue weighted by molar-refractivity contribution is -0.870. The topological polar surface area (TPSA) is 77.1 Å². The Balaban J connectivity index is 2.20. The van der Waals surface area contributed by atoms with Gasteiger partial charge in [-0.15, -0.1) is 0 Å². The maximum Gasteiger partial charge on any atom is 0.268 e. The molecule has 2 atom stereocenters. The van der Waals surface area contributed by atoms with Gasteiger partial charge in [0.1, 0.15) is 19.3 Å². The lowest BCUT2D eigenvalue weighted by Gasteiger charge is -2.30. The molecule has 0 aliphatic carbocycles. The second-order valence-corrected chi connectivity index (χ2v) is 13.1. The zero-order valence-corrected chi connectivity index (χ0v) is 26.3. The molecule has 0 radical (unpaired) electrons. The summed E-state index contributed by atoms with van der Waals surface area (Å²) in [5.74, 6) is 0. The van der Waals surface area contributed by atoms with E-state index in [1.807, 2.05) is 51.5 Å². The number of likely N-dealkylation sites (N-methyl/N-ethyl adjacent to an activating group) is 1. The van der Waals surface area contributed by atoms with Crippen LogP contribution in [0.4, 0.5) is 0 Å². The lowest BCUT2D eigenvalue weighted by atomic mass is 10.0. The van der Waals surface area contributed by atoms with E-state index in [9.17, 15) is 9.46 Å². The average molecular weight is 572 g/mol. The van der Waals surface area contributed by atoms with Crippen molar-refractivity contribution in [3.63, 3.8) is 0 Å². The minimum absolute atomic E-state index is 0.0712. The van der Waals surface area contributed by atoms with Gasteiger partial charge in [0.15, 0.2) is 0 Å². The summed E-state index contributed by atoms with van der Waals surface area (Å²) in [7, 11) is 1.47. The van der Waals surface area contributed by atoms with Crippen molar-refractivity contribution in [2.24, 2.45) is 0 Å². The Hall–Kier alpha value is -0.790. The summed E-state index contributed by atoms with van der Waals surface area (Å²) in [6, 6.07) is 9.77. The molecule has 0 heterocycles. The van der Waals surface area contributed by atoms with Crippen LogP contribution >= 0.6 is 7.82 Å². The molecule has 0 N–H and O–H groups in total. The number of phosphoric acid groups is 1. The van der Waals surface area contributed by atoms with E-state index < -0.39 is 13.9 Å². The number of nitrogens with zero attached hydrogens (tertiary/aromatic N) is 1. The number of ether oxygens (including phenoxy) is 2. The van der Waals surface area contributed by atoms with Crippen molar-refractivity contribution in [3.05, 3.63) is 35.9 Å². The van der Waals surface area contributed by atoms with Crippen molar-refractivity contribution in [1.82, 2.24) is 0 Å². The first-order valence-corrected chi connectivity index (χ1v) is 16.8. The van der Waals surface area contributed by atoms with Gasteiger partial charge in [-0.2, -0.15) is 0 Å². The van der Waals surface area contributed by atoms with E-state index in [1.165, 1.54) is 77.0 Å². The number of quaternary nitrogens is 1. The number of hydrogen-bond donors (Lipinski definition) is 0. The highest BCUT2D eigenvalue weighted by Gasteiger charge is 2.20. The Kier molecular flexibility index (Phi) is 21.2. The molecule has 0 bridgehead atoms. The van der Waals surface area contributed by atoms with Gasteiger partial charge in [0.2, 0.25) is 0 Å². The van der Waals surface area contributed by atoms with Crippen LogP contribution in [0.2, 0.25) is 0 Å². The van der Waals surface area contributed by atoms with E-state index in [-0.39, 0.29) is 19.8 Å². The third-order valence-electron chi connectivity index (χ3n) is 6.65. The van der Waals surface area contributed by atoms with Gasteiger partial charge in [0.05, 0.1) is 41.0 Å². The molecule has 0 fully saturated rings. The van der Waals surface area contributed by atoms with E-state index in [0.29, 0.717) is 24.2 Å². The van der Waals surface area contributed by atoms with Crippen molar-refractivity contribution in [2.75, 3.05) is 54.1 Å². The highest BCUT2D eigenvalue weighted by molar-refractivity contribution is 7.45. The average Bonchev–Trinajstić information content (AvgIpc) is 2.87. The van der Waals surface area contributed by atoms with Gasteiger partial charge in [-0.05, 0) is 12.0 Å². The molecule has 0 aromatic heterocycles. The first kappa shape index (κ1) is 36.2. The lowest BCUT2D eigenvalue weighted by Crippen LogP contribution is -2.38. The third kappa shape index (κ3) is 23.6. The number of phosphoric ester groups is 1. The van der Waals surface area contributed by atoms with Crippen LogP contribution in [0.1, 0.15) is 102 Å². The van der Waals surface area contributed by atoms with Crippen LogP contribution in [0.3, 0.4) is 0 Å². The standard InChI is InChI=1S/C31H58NO6P/c1-5-6-7-8-9-10-11-12-13-14-15-16-17-21-25-35-28-31(29-36-27-30-22-19-18-20-23-30)38-39(33,34)37-26-24-32(2,3)4/h18-20,22-23,31H,5-17,21,24-29H2,1-4H3. The molecular weight excluding hydrogens is 513 g/mol. The van der Waals surface area contributed by atoms with E-state index in [4.69, 9.17) is 18.5 Å². The summed E-state index contributed by atoms with van der Waals surface area (Å²) >= 11 is 0. The molecule has 1 aromatic rings. The molecule has 39 heavy (non-hydrogen) atoms. The molecule has 0 saturated carbocycles. The molecule has 0 aliphatic heterocycles. The molecule has 228 valence electrons. The van der Waals surface area contributed by atoms with Crippen LogP contribution in [0, 0.1) is 0 Å². The Morgan fingerprint density at radius 3 is 1.79 bits per heavy atom. The maximum absolute atomic E-state index is 12.4. The molecule has 0 aliphatic rings. The van der Waals surface area contributed by atoms with Crippen molar-refractivity contribution in [1.29, 1.82) is 0 Å². The molecule has 0 spiro atoms. The quantitative estimate of drug-likeness (QED) is 0.0628.